The summed E-state index contributed by atoms with van der Waals surface area (Å²) in [5.74, 6) is 0.539. The Hall–Kier alpha value is -0.340. The predicted octanol–water partition coefficient (Wildman–Crippen LogP) is 2.97. The maximum atomic E-state index is 10.2. The van der Waals surface area contributed by atoms with Gasteiger partial charge < -0.3 is 5.11 Å². The third kappa shape index (κ3) is 3.32. The molecule has 1 aliphatic heterocycles. The highest BCUT2D eigenvalue weighted by Gasteiger charge is 2.36. The fourth-order valence-corrected chi connectivity index (χ4v) is 3.45. The molecule has 0 aromatic rings. The Labute approximate surface area is 106 Å². The number of hydrogen-bond donors (Lipinski definition) is 1. The summed E-state index contributed by atoms with van der Waals surface area (Å²) < 4.78 is 0. The summed E-state index contributed by atoms with van der Waals surface area (Å²) in [6.45, 7) is 6.63. The molecule has 0 aromatic heterocycles. The van der Waals surface area contributed by atoms with Crippen LogP contribution < -0.4 is 0 Å². The summed E-state index contributed by atoms with van der Waals surface area (Å²) in [5.41, 5.74) is 1.40. The van der Waals surface area contributed by atoms with Crippen LogP contribution in [0.3, 0.4) is 0 Å². The third-order valence-corrected chi connectivity index (χ3v) is 4.42. The monoisotopic (exact) mass is 237 g/mol. The summed E-state index contributed by atoms with van der Waals surface area (Å²) >= 11 is 0. The first-order valence-corrected chi connectivity index (χ1v) is 7.24. The zero-order chi connectivity index (χ0) is 12.3. The first-order chi connectivity index (χ1) is 8.18. The van der Waals surface area contributed by atoms with Crippen LogP contribution in [0.1, 0.15) is 52.4 Å². The minimum atomic E-state index is -0.0407. The van der Waals surface area contributed by atoms with E-state index >= 15 is 0 Å². The summed E-state index contributed by atoms with van der Waals surface area (Å²) in [6, 6.07) is 0.640. The Morgan fingerprint density at radius 1 is 1.18 bits per heavy atom. The van der Waals surface area contributed by atoms with E-state index in [-0.39, 0.29) is 6.10 Å². The standard InChI is InChI=1S/C15H27NO/c1-12(2)9-11-16-10-5-7-14(16)13-6-3-4-8-15(13)17/h9,13-15,17H,3-8,10-11H2,1-2H3. The van der Waals surface area contributed by atoms with Gasteiger partial charge in [0.05, 0.1) is 6.10 Å². The molecule has 2 rings (SSSR count). The van der Waals surface area contributed by atoms with E-state index in [1.165, 1.54) is 44.2 Å². The Balaban J connectivity index is 1.95. The van der Waals surface area contributed by atoms with Crippen LogP contribution in [-0.4, -0.2) is 35.2 Å². The second kappa shape index (κ2) is 6.01. The van der Waals surface area contributed by atoms with Crippen LogP contribution >= 0.6 is 0 Å². The van der Waals surface area contributed by atoms with E-state index in [1.54, 1.807) is 0 Å². The van der Waals surface area contributed by atoms with Crippen molar-refractivity contribution >= 4 is 0 Å². The molecule has 0 bridgehead atoms. The van der Waals surface area contributed by atoms with Gasteiger partial charge in [0, 0.05) is 18.5 Å². The van der Waals surface area contributed by atoms with Crippen LogP contribution in [0.5, 0.6) is 0 Å². The molecular weight excluding hydrogens is 210 g/mol. The lowest BCUT2D eigenvalue weighted by Gasteiger charge is -2.37. The molecule has 3 atom stereocenters. The number of allylic oxidation sites excluding steroid dienone is 1. The molecular formula is C15H27NO. The number of aliphatic hydroxyl groups is 1. The summed E-state index contributed by atoms with van der Waals surface area (Å²) in [4.78, 5) is 2.59. The zero-order valence-electron chi connectivity index (χ0n) is 11.4. The predicted molar refractivity (Wildman–Crippen MR) is 72.0 cm³/mol. The maximum Gasteiger partial charge on any atom is 0.0583 e. The van der Waals surface area contributed by atoms with Crippen molar-refractivity contribution in [2.75, 3.05) is 13.1 Å². The van der Waals surface area contributed by atoms with Crippen LogP contribution in [0.25, 0.3) is 0 Å². The van der Waals surface area contributed by atoms with Crippen molar-refractivity contribution < 1.29 is 5.11 Å². The van der Waals surface area contributed by atoms with E-state index in [0.717, 1.165) is 13.0 Å². The van der Waals surface area contributed by atoms with Crippen LogP contribution in [0, 0.1) is 5.92 Å². The highest BCUT2D eigenvalue weighted by molar-refractivity contribution is 4.98. The van der Waals surface area contributed by atoms with Crippen molar-refractivity contribution in [1.82, 2.24) is 4.90 Å². The number of nitrogens with zero attached hydrogens (tertiary/aromatic N) is 1. The average molecular weight is 237 g/mol. The zero-order valence-corrected chi connectivity index (χ0v) is 11.4. The van der Waals surface area contributed by atoms with Crippen LogP contribution in [0.15, 0.2) is 11.6 Å². The molecule has 1 N–H and O–H groups in total. The quantitative estimate of drug-likeness (QED) is 0.763. The van der Waals surface area contributed by atoms with Crippen molar-refractivity contribution in [3.63, 3.8) is 0 Å². The van der Waals surface area contributed by atoms with Gasteiger partial charge in [-0.15, -0.1) is 0 Å². The molecule has 1 aliphatic carbocycles. The molecule has 0 radical (unpaired) electrons. The molecule has 17 heavy (non-hydrogen) atoms. The molecule has 2 heteroatoms. The molecule has 1 heterocycles. The van der Waals surface area contributed by atoms with E-state index in [4.69, 9.17) is 0 Å². The maximum absolute atomic E-state index is 10.2. The van der Waals surface area contributed by atoms with Crippen molar-refractivity contribution in [3.8, 4) is 0 Å². The van der Waals surface area contributed by atoms with Gasteiger partial charge in [-0.1, -0.05) is 24.5 Å². The molecule has 1 saturated carbocycles. The highest BCUT2D eigenvalue weighted by atomic mass is 16.3. The summed E-state index contributed by atoms with van der Waals surface area (Å²) in [7, 11) is 0. The number of aliphatic hydroxyl groups excluding tert-OH is 1. The first-order valence-electron chi connectivity index (χ1n) is 7.24. The Bertz CT molecular complexity index is 270. The molecule has 2 fully saturated rings. The largest absolute Gasteiger partial charge is 0.393 e. The van der Waals surface area contributed by atoms with Crippen LogP contribution in [-0.2, 0) is 0 Å². The van der Waals surface area contributed by atoms with Crippen molar-refractivity contribution in [1.29, 1.82) is 0 Å². The molecule has 2 aliphatic rings. The van der Waals surface area contributed by atoms with Crippen molar-refractivity contribution in [3.05, 3.63) is 11.6 Å². The lowest BCUT2D eigenvalue weighted by atomic mass is 9.80. The van der Waals surface area contributed by atoms with Gasteiger partial charge in [0.2, 0.25) is 0 Å². The summed E-state index contributed by atoms with van der Waals surface area (Å²) in [5, 5.41) is 10.2. The van der Waals surface area contributed by atoms with Crippen LogP contribution in [0.2, 0.25) is 0 Å². The van der Waals surface area contributed by atoms with Crippen molar-refractivity contribution in [2.24, 2.45) is 5.92 Å². The smallest absolute Gasteiger partial charge is 0.0583 e. The molecule has 98 valence electrons. The minimum absolute atomic E-state index is 0.0407. The Morgan fingerprint density at radius 2 is 1.94 bits per heavy atom. The minimum Gasteiger partial charge on any atom is -0.393 e. The molecule has 1 saturated heterocycles. The van der Waals surface area contributed by atoms with Gasteiger partial charge in [0.15, 0.2) is 0 Å². The average Bonchev–Trinajstić information content (AvgIpc) is 2.75. The second-order valence-corrected chi connectivity index (χ2v) is 6.00. The molecule has 3 unspecified atom stereocenters. The van der Waals surface area contributed by atoms with Gasteiger partial charge in [0.25, 0.3) is 0 Å². The van der Waals surface area contributed by atoms with Gasteiger partial charge in [-0.05, 0) is 46.1 Å². The second-order valence-electron chi connectivity index (χ2n) is 6.00. The fraction of sp³-hybridized carbons (Fsp3) is 0.867. The van der Waals surface area contributed by atoms with Gasteiger partial charge in [-0.2, -0.15) is 0 Å². The van der Waals surface area contributed by atoms with Gasteiger partial charge in [-0.3, -0.25) is 4.90 Å². The van der Waals surface area contributed by atoms with Gasteiger partial charge in [-0.25, -0.2) is 0 Å². The normalized spacial score (nSPS) is 34.9. The number of rotatable bonds is 3. The van der Waals surface area contributed by atoms with E-state index in [2.05, 4.69) is 24.8 Å². The highest BCUT2D eigenvalue weighted by Crippen LogP contribution is 2.34. The molecule has 2 nitrogen and oxygen atoms in total. The first kappa shape index (κ1) is 13.1. The van der Waals surface area contributed by atoms with E-state index < -0.39 is 0 Å². The summed E-state index contributed by atoms with van der Waals surface area (Å²) in [6.07, 6.45) is 9.68. The molecule has 0 amide bonds. The Morgan fingerprint density at radius 3 is 2.65 bits per heavy atom. The Kier molecular flexibility index (Phi) is 4.63. The third-order valence-electron chi connectivity index (χ3n) is 4.42. The van der Waals surface area contributed by atoms with Crippen molar-refractivity contribution in [2.45, 2.75) is 64.5 Å². The van der Waals surface area contributed by atoms with E-state index in [1.807, 2.05) is 0 Å². The van der Waals surface area contributed by atoms with E-state index in [9.17, 15) is 5.11 Å². The van der Waals surface area contributed by atoms with E-state index in [0.29, 0.717) is 12.0 Å². The van der Waals surface area contributed by atoms with Gasteiger partial charge in [0.1, 0.15) is 0 Å². The molecule has 0 aromatic carbocycles. The number of likely N-dealkylation sites (tertiary alicyclic amines) is 1. The fourth-order valence-electron chi connectivity index (χ4n) is 3.45. The van der Waals surface area contributed by atoms with Crippen LogP contribution in [0.4, 0.5) is 0 Å². The lowest BCUT2D eigenvalue weighted by molar-refractivity contribution is 0.0249. The topological polar surface area (TPSA) is 23.5 Å². The molecule has 0 spiro atoms. The van der Waals surface area contributed by atoms with Gasteiger partial charge >= 0.3 is 0 Å². The SMILES string of the molecule is CC(C)=CCN1CCCC1C1CCCCC1O. The lowest BCUT2D eigenvalue weighted by Crippen LogP contribution is -2.42. The number of hydrogen-bond acceptors (Lipinski definition) is 2.